The van der Waals surface area contributed by atoms with E-state index < -0.39 is 38.7 Å². The Morgan fingerprint density at radius 2 is 1.75 bits per heavy atom. The van der Waals surface area contributed by atoms with Gasteiger partial charge in [-0.1, -0.05) is 18.2 Å². The minimum absolute atomic E-state index is 0.0547. The van der Waals surface area contributed by atoms with E-state index in [1.807, 2.05) is 0 Å². The average Bonchev–Trinajstić information content (AvgIpc) is 2.80. The van der Waals surface area contributed by atoms with E-state index in [4.69, 9.17) is 4.74 Å². The molecular weight excluding hydrogens is 440 g/mol. The highest BCUT2D eigenvalue weighted by molar-refractivity contribution is 7.92. The Bertz CT molecular complexity index is 1440. The highest BCUT2D eigenvalue weighted by atomic mass is 32.2. The van der Waals surface area contributed by atoms with Crippen LogP contribution in [0.2, 0.25) is 0 Å². The highest BCUT2D eigenvalue weighted by Crippen LogP contribution is 2.27. The van der Waals surface area contributed by atoms with Gasteiger partial charge in [0.2, 0.25) is 5.88 Å². The largest absolute Gasteiger partial charge is 0.480 e. The zero-order chi connectivity index (χ0) is 22.9. The van der Waals surface area contributed by atoms with Crippen molar-refractivity contribution in [1.29, 1.82) is 0 Å². The van der Waals surface area contributed by atoms with Crippen LogP contribution in [0, 0.1) is 11.6 Å². The van der Waals surface area contributed by atoms with Gasteiger partial charge in [0.15, 0.2) is 11.6 Å². The molecule has 0 aliphatic rings. The smallest absolute Gasteiger partial charge is 0.261 e. The van der Waals surface area contributed by atoms with Gasteiger partial charge < -0.3 is 4.74 Å². The lowest BCUT2D eigenvalue weighted by Gasteiger charge is -2.12. The van der Waals surface area contributed by atoms with E-state index in [0.29, 0.717) is 5.52 Å². The second-order valence-corrected chi connectivity index (χ2v) is 8.33. The molecule has 1 aromatic heterocycles. The predicted molar refractivity (Wildman–Crippen MR) is 113 cm³/mol. The first kappa shape index (κ1) is 21.3. The molecule has 10 heteroatoms. The molecule has 0 aliphatic heterocycles. The summed E-state index contributed by atoms with van der Waals surface area (Å²) >= 11 is 0. The molecule has 0 amide bonds. The zero-order valence-corrected chi connectivity index (χ0v) is 17.4. The number of ether oxygens (including phenoxy) is 1. The molecule has 1 N–H and O–H groups in total. The second kappa shape index (κ2) is 8.31. The number of sulfonamides is 1. The van der Waals surface area contributed by atoms with Crippen LogP contribution >= 0.6 is 0 Å². The van der Waals surface area contributed by atoms with Crippen molar-refractivity contribution in [2.24, 2.45) is 0 Å². The van der Waals surface area contributed by atoms with Gasteiger partial charge in [0.05, 0.1) is 40.5 Å². The van der Waals surface area contributed by atoms with Crippen LogP contribution in [0.5, 0.6) is 5.88 Å². The first-order chi connectivity index (χ1) is 15.3. The predicted octanol–water partition coefficient (Wildman–Crippen LogP) is 3.95. The van der Waals surface area contributed by atoms with Crippen LogP contribution in [0.25, 0.3) is 11.0 Å². The number of aromatic nitrogens is 2. The first-order valence-corrected chi connectivity index (χ1v) is 10.7. The Hall–Kier alpha value is -3.92. The Balaban J connectivity index is 1.74. The normalized spacial score (nSPS) is 11.3. The topological polar surface area (TPSA) is 98.2 Å². The van der Waals surface area contributed by atoms with Crippen molar-refractivity contribution in [2.45, 2.75) is 4.90 Å². The quantitative estimate of drug-likeness (QED) is 0.442. The van der Waals surface area contributed by atoms with Crippen LogP contribution in [-0.4, -0.2) is 31.3 Å². The number of fused-ring (bicyclic) bond motifs is 1. The van der Waals surface area contributed by atoms with Crippen molar-refractivity contribution in [3.63, 3.8) is 0 Å². The molecule has 4 rings (SSSR count). The van der Waals surface area contributed by atoms with Gasteiger partial charge in [-0.05, 0) is 42.5 Å². The minimum atomic E-state index is -4.15. The summed E-state index contributed by atoms with van der Waals surface area (Å²) in [5, 5.41) is 0. The Labute approximate surface area is 181 Å². The number of anilines is 1. The second-order valence-electron chi connectivity index (χ2n) is 6.65. The van der Waals surface area contributed by atoms with E-state index in [1.165, 1.54) is 55.8 Å². The number of carbonyl (C=O) groups excluding carboxylic acids is 1. The first-order valence-electron chi connectivity index (χ1n) is 9.21. The van der Waals surface area contributed by atoms with E-state index in [0.717, 1.165) is 12.1 Å². The molecule has 0 saturated carbocycles. The number of methoxy groups -OCH3 is 1. The van der Waals surface area contributed by atoms with E-state index >= 15 is 4.39 Å². The number of carbonyl (C=O) groups is 1. The molecule has 0 spiro atoms. The summed E-state index contributed by atoms with van der Waals surface area (Å²) in [5.74, 6) is -3.23. The fourth-order valence-corrected chi connectivity index (χ4v) is 4.10. The van der Waals surface area contributed by atoms with Crippen molar-refractivity contribution < 1.29 is 26.7 Å². The number of nitrogens with one attached hydrogen (secondary N) is 1. The molecule has 0 bridgehead atoms. The van der Waals surface area contributed by atoms with Crippen molar-refractivity contribution in [3.8, 4) is 5.88 Å². The molecule has 32 heavy (non-hydrogen) atoms. The van der Waals surface area contributed by atoms with Crippen LogP contribution in [0.4, 0.5) is 14.5 Å². The van der Waals surface area contributed by atoms with Crippen LogP contribution in [0.15, 0.2) is 71.8 Å². The number of nitrogens with zero attached hydrogens (tertiary/aromatic N) is 2. The van der Waals surface area contributed by atoms with Crippen LogP contribution in [0.3, 0.4) is 0 Å². The van der Waals surface area contributed by atoms with Gasteiger partial charge in [-0.15, -0.1) is 0 Å². The molecule has 0 atom stereocenters. The maximum absolute atomic E-state index is 15.1. The number of rotatable bonds is 6. The zero-order valence-electron chi connectivity index (χ0n) is 16.5. The molecule has 7 nitrogen and oxygen atoms in total. The SMILES string of the molecule is COc1cnc2ccc(C(=O)c3c(F)ccc(NS(=O)(=O)c4ccccc4)c3F)cc2n1. The number of hydrogen-bond donors (Lipinski definition) is 1. The van der Waals surface area contributed by atoms with Gasteiger partial charge in [-0.25, -0.2) is 27.2 Å². The van der Waals surface area contributed by atoms with Gasteiger partial charge in [0, 0.05) is 5.56 Å². The number of ketones is 1. The fraction of sp³-hybridized carbons (Fsp3) is 0.0455. The standard InChI is InChI=1S/C22H15F2N3O4S/c1-31-19-12-25-16-9-7-13(11-18(16)26-19)22(28)20-15(23)8-10-17(21(20)24)27-32(29,30)14-5-3-2-4-6-14/h2-12,27H,1H3. The van der Waals surface area contributed by atoms with Crippen LogP contribution in [0.1, 0.15) is 15.9 Å². The number of benzene rings is 3. The molecule has 0 unspecified atom stereocenters. The van der Waals surface area contributed by atoms with E-state index in [-0.39, 0.29) is 21.9 Å². The number of halogens is 2. The fourth-order valence-electron chi connectivity index (χ4n) is 3.02. The van der Waals surface area contributed by atoms with Crippen molar-refractivity contribution >= 4 is 32.5 Å². The summed E-state index contributed by atoms with van der Waals surface area (Å²) in [4.78, 5) is 21.1. The van der Waals surface area contributed by atoms with Gasteiger partial charge in [-0.3, -0.25) is 9.52 Å². The summed E-state index contributed by atoms with van der Waals surface area (Å²) in [6, 6.07) is 13.2. The number of hydrogen-bond acceptors (Lipinski definition) is 6. The lowest BCUT2D eigenvalue weighted by Crippen LogP contribution is -2.16. The summed E-state index contributed by atoms with van der Waals surface area (Å²) in [7, 11) is -2.75. The van der Waals surface area contributed by atoms with E-state index in [1.54, 1.807) is 6.07 Å². The lowest BCUT2D eigenvalue weighted by atomic mass is 10.0. The molecule has 1 heterocycles. The van der Waals surface area contributed by atoms with E-state index in [9.17, 15) is 17.6 Å². The third kappa shape index (κ3) is 4.00. The van der Waals surface area contributed by atoms with Crippen molar-refractivity contribution in [1.82, 2.24) is 9.97 Å². The van der Waals surface area contributed by atoms with Crippen LogP contribution < -0.4 is 9.46 Å². The van der Waals surface area contributed by atoms with Gasteiger partial charge >= 0.3 is 0 Å². The molecular formula is C22H15F2N3O4S. The van der Waals surface area contributed by atoms with Crippen molar-refractivity contribution in [2.75, 3.05) is 11.8 Å². The molecule has 162 valence electrons. The third-order valence-electron chi connectivity index (χ3n) is 4.61. The summed E-state index contributed by atoms with van der Waals surface area (Å²) in [6.07, 6.45) is 1.39. The summed E-state index contributed by atoms with van der Waals surface area (Å²) in [5.41, 5.74) is -0.764. The van der Waals surface area contributed by atoms with E-state index in [2.05, 4.69) is 14.7 Å². The minimum Gasteiger partial charge on any atom is -0.480 e. The molecule has 0 fully saturated rings. The van der Waals surface area contributed by atoms with Gasteiger partial charge in [0.25, 0.3) is 10.0 Å². The average molecular weight is 455 g/mol. The van der Waals surface area contributed by atoms with Gasteiger partial charge in [-0.2, -0.15) is 0 Å². The third-order valence-corrected chi connectivity index (χ3v) is 5.99. The monoisotopic (exact) mass is 455 g/mol. The maximum atomic E-state index is 15.1. The van der Waals surface area contributed by atoms with Crippen LogP contribution in [-0.2, 0) is 10.0 Å². The lowest BCUT2D eigenvalue weighted by molar-refractivity contribution is 0.103. The molecule has 3 aromatic carbocycles. The highest BCUT2D eigenvalue weighted by Gasteiger charge is 2.25. The Morgan fingerprint density at radius 1 is 1.00 bits per heavy atom. The van der Waals surface area contributed by atoms with Gasteiger partial charge in [0.1, 0.15) is 5.82 Å². The molecule has 4 aromatic rings. The maximum Gasteiger partial charge on any atom is 0.261 e. The molecule has 0 radical (unpaired) electrons. The van der Waals surface area contributed by atoms with Crippen molar-refractivity contribution in [3.05, 3.63) is 89.6 Å². The summed E-state index contributed by atoms with van der Waals surface area (Å²) in [6.45, 7) is 0. The Morgan fingerprint density at radius 3 is 2.47 bits per heavy atom. The molecule has 0 aliphatic carbocycles. The molecule has 0 saturated heterocycles. The summed E-state index contributed by atoms with van der Waals surface area (Å²) < 4.78 is 61.7. The Kier molecular flexibility index (Phi) is 5.54.